The summed E-state index contributed by atoms with van der Waals surface area (Å²) in [6.45, 7) is 5.92. The number of aromatic nitrogens is 5. The number of nitrogens with zero attached hydrogens (tertiary/aromatic N) is 5. The molecule has 9 heteroatoms. The lowest BCUT2D eigenvalue weighted by atomic mass is 9.94. The Morgan fingerprint density at radius 2 is 1.97 bits per heavy atom. The van der Waals surface area contributed by atoms with Crippen molar-refractivity contribution in [1.82, 2.24) is 30.2 Å². The molecule has 1 atom stereocenters. The van der Waals surface area contributed by atoms with Crippen molar-refractivity contribution in [1.29, 1.82) is 0 Å². The molecular formula is C27H31N7O2. The lowest BCUT2D eigenvalue weighted by molar-refractivity contribution is 0.0921. The SMILES string of the molecule is Cn1cc(Nc2cc(-c3ccc4c(c3)CCCC[C@@H]4NC(=O)c3noc(C(C)(C)C)n3)ccn2)cn1. The molecule has 0 radical (unpaired) electrons. The zero-order valence-corrected chi connectivity index (χ0v) is 21.1. The summed E-state index contributed by atoms with van der Waals surface area (Å²) < 4.78 is 7.06. The fraction of sp³-hybridized carbons (Fsp3) is 0.370. The molecule has 5 rings (SSSR count). The number of carbonyl (C=O) groups is 1. The zero-order valence-electron chi connectivity index (χ0n) is 21.1. The van der Waals surface area contributed by atoms with Crippen LogP contribution in [0.4, 0.5) is 11.5 Å². The van der Waals surface area contributed by atoms with E-state index in [1.807, 2.05) is 46.1 Å². The lowest BCUT2D eigenvalue weighted by Gasteiger charge is -2.19. The van der Waals surface area contributed by atoms with Gasteiger partial charge in [0.1, 0.15) is 5.82 Å². The van der Waals surface area contributed by atoms with Crippen molar-refractivity contribution in [2.24, 2.45) is 7.05 Å². The first-order valence-corrected chi connectivity index (χ1v) is 12.3. The summed E-state index contributed by atoms with van der Waals surface area (Å²) in [4.78, 5) is 21.7. The molecule has 0 fully saturated rings. The highest BCUT2D eigenvalue weighted by atomic mass is 16.5. The molecule has 0 bridgehead atoms. The van der Waals surface area contributed by atoms with E-state index < -0.39 is 0 Å². The van der Waals surface area contributed by atoms with E-state index in [0.717, 1.165) is 53.9 Å². The number of hydrogen-bond acceptors (Lipinski definition) is 7. The smallest absolute Gasteiger partial charge is 0.293 e. The molecule has 3 aromatic heterocycles. The minimum Gasteiger partial charge on any atom is -0.342 e. The van der Waals surface area contributed by atoms with Crippen LogP contribution in [0, 0.1) is 0 Å². The molecular weight excluding hydrogens is 454 g/mol. The van der Waals surface area contributed by atoms with Crippen LogP contribution in [-0.4, -0.2) is 30.8 Å². The molecule has 1 amide bonds. The number of anilines is 2. The van der Waals surface area contributed by atoms with Crippen LogP contribution >= 0.6 is 0 Å². The van der Waals surface area contributed by atoms with Gasteiger partial charge >= 0.3 is 0 Å². The molecule has 1 aliphatic rings. The van der Waals surface area contributed by atoms with Gasteiger partial charge in [-0.05, 0) is 53.6 Å². The molecule has 3 heterocycles. The first kappa shape index (κ1) is 23.7. The van der Waals surface area contributed by atoms with Crippen molar-refractivity contribution in [2.75, 3.05) is 5.32 Å². The van der Waals surface area contributed by atoms with Crippen molar-refractivity contribution in [3.05, 3.63) is 71.8 Å². The number of aryl methyl sites for hydroxylation is 2. The van der Waals surface area contributed by atoms with Crippen LogP contribution in [0.15, 0.2) is 53.4 Å². The van der Waals surface area contributed by atoms with Crippen LogP contribution in [0.3, 0.4) is 0 Å². The summed E-state index contributed by atoms with van der Waals surface area (Å²) in [5, 5.41) is 14.5. The predicted molar refractivity (Wildman–Crippen MR) is 137 cm³/mol. The van der Waals surface area contributed by atoms with Gasteiger partial charge in [0.15, 0.2) is 0 Å². The summed E-state index contributed by atoms with van der Waals surface area (Å²) in [5.41, 5.74) is 5.16. The van der Waals surface area contributed by atoms with Crippen molar-refractivity contribution in [2.45, 2.75) is 57.9 Å². The van der Waals surface area contributed by atoms with E-state index in [9.17, 15) is 4.79 Å². The summed E-state index contributed by atoms with van der Waals surface area (Å²) in [7, 11) is 1.88. The molecule has 2 N–H and O–H groups in total. The van der Waals surface area contributed by atoms with E-state index in [-0.39, 0.29) is 23.2 Å². The van der Waals surface area contributed by atoms with Crippen LogP contribution in [0.5, 0.6) is 0 Å². The average Bonchev–Trinajstić information content (AvgIpc) is 3.46. The highest BCUT2D eigenvalue weighted by Gasteiger charge is 2.27. The second-order valence-electron chi connectivity index (χ2n) is 10.3. The first-order chi connectivity index (χ1) is 17.3. The van der Waals surface area contributed by atoms with E-state index >= 15 is 0 Å². The van der Waals surface area contributed by atoms with E-state index in [1.54, 1.807) is 17.1 Å². The molecule has 0 saturated carbocycles. The summed E-state index contributed by atoms with van der Waals surface area (Å²) in [5.74, 6) is 0.979. The maximum absolute atomic E-state index is 12.9. The van der Waals surface area contributed by atoms with Gasteiger partial charge in [0, 0.05) is 24.9 Å². The quantitative estimate of drug-likeness (QED) is 0.378. The summed E-state index contributed by atoms with van der Waals surface area (Å²) >= 11 is 0. The number of amides is 1. The molecule has 36 heavy (non-hydrogen) atoms. The fourth-order valence-corrected chi connectivity index (χ4v) is 4.47. The zero-order chi connectivity index (χ0) is 25.3. The van der Waals surface area contributed by atoms with E-state index in [2.05, 4.69) is 49.1 Å². The second kappa shape index (κ2) is 9.56. The van der Waals surface area contributed by atoms with E-state index in [4.69, 9.17) is 4.52 Å². The topological polar surface area (TPSA) is 111 Å². The number of pyridine rings is 1. The van der Waals surface area contributed by atoms with E-state index in [1.165, 1.54) is 5.56 Å². The Balaban J connectivity index is 1.36. The third kappa shape index (κ3) is 5.15. The third-order valence-corrected chi connectivity index (χ3v) is 6.35. The molecule has 4 aromatic rings. The Morgan fingerprint density at radius 3 is 2.72 bits per heavy atom. The van der Waals surface area contributed by atoms with Gasteiger partial charge in [-0.15, -0.1) is 0 Å². The Morgan fingerprint density at radius 1 is 1.14 bits per heavy atom. The van der Waals surface area contributed by atoms with Gasteiger partial charge in [-0.3, -0.25) is 9.48 Å². The Bertz CT molecular complexity index is 1380. The van der Waals surface area contributed by atoms with Crippen molar-refractivity contribution < 1.29 is 9.32 Å². The number of hydrogen-bond donors (Lipinski definition) is 2. The molecule has 0 spiro atoms. The minimum atomic E-state index is -0.309. The number of nitrogens with one attached hydrogen (secondary N) is 2. The predicted octanol–water partition coefficient (Wildman–Crippen LogP) is 5.10. The first-order valence-electron chi connectivity index (χ1n) is 12.3. The highest BCUT2D eigenvalue weighted by molar-refractivity contribution is 5.90. The normalized spacial score (nSPS) is 15.7. The van der Waals surface area contributed by atoms with Crippen LogP contribution in [0.2, 0.25) is 0 Å². The standard InChI is InChI=1S/C27H31N7O2/c1-27(2,3)26-32-24(33-36-26)25(35)31-22-8-6-5-7-19-13-17(9-10-21(19)22)18-11-12-28-23(14-18)30-20-15-29-34(4)16-20/h9-16,22H,5-8H2,1-4H3,(H,28,30)(H,31,35)/t22-/m0/s1. The maximum atomic E-state index is 12.9. The highest BCUT2D eigenvalue weighted by Crippen LogP contribution is 2.33. The molecule has 0 unspecified atom stereocenters. The molecule has 1 aromatic carbocycles. The molecule has 186 valence electrons. The van der Waals surface area contributed by atoms with Crippen LogP contribution in [0.1, 0.15) is 73.7 Å². The number of carbonyl (C=O) groups excluding carboxylic acids is 1. The number of fused-ring (bicyclic) bond motifs is 1. The Hall–Kier alpha value is -4.01. The summed E-state index contributed by atoms with van der Waals surface area (Å²) in [6, 6.07) is 10.4. The fourth-order valence-electron chi connectivity index (χ4n) is 4.47. The van der Waals surface area contributed by atoms with Crippen LogP contribution in [0.25, 0.3) is 11.1 Å². The molecule has 0 aliphatic heterocycles. The van der Waals surface area contributed by atoms with Crippen molar-refractivity contribution in [3.63, 3.8) is 0 Å². The Labute approximate surface area is 210 Å². The average molecular weight is 486 g/mol. The second-order valence-corrected chi connectivity index (χ2v) is 10.3. The van der Waals surface area contributed by atoms with Gasteiger partial charge in [0.05, 0.1) is 17.9 Å². The number of benzene rings is 1. The number of rotatable bonds is 5. The van der Waals surface area contributed by atoms with Crippen LogP contribution in [-0.2, 0) is 18.9 Å². The van der Waals surface area contributed by atoms with Gasteiger partial charge in [-0.25, -0.2) is 4.98 Å². The monoisotopic (exact) mass is 485 g/mol. The van der Waals surface area contributed by atoms with Gasteiger partial charge in [-0.2, -0.15) is 10.1 Å². The van der Waals surface area contributed by atoms with Crippen LogP contribution < -0.4 is 10.6 Å². The molecule has 9 nitrogen and oxygen atoms in total. The van der Waals surface area contributed by atoms with Gasteiger partial charge in [0.2, 0.25) is 5.89 Å². The summed E-state index contributed by atoms with van der Waals surface area (Å²) in [6.07, 6.45) is 9.42. The third-order valence-electron chi connectivity index (χ3n) is 6.35. The maximum Gasteiger partial charge on any atom is 0.293 e. The largest absolute Gasteiger partial charge is 0.342 e. The lowest BCUT2D eigenvalue weighted by Crippen LogP contribution is -2.29. The van der Waals surface area contributed by atoms with E-state index in [0.29, 0.717) is 5.89 Å². The van der Waals surface area contributed by atoms with Gasteiger partial charge in [-0.1, -0.05) is 50.5 Å². The Kier molecular flexibility index (Phi) is 6.30. The van der Waals surface area contributed by atoms with Gasteiger partial charge in [0.25, 0.3) is 11.7 Å². The minimum absolute atomic E-state index is 0.0766. The van der Waals surface area contributed by atoms with Crippen molar-refractivity contribution >= 4 is 17.4 Å². The molecule has 1 aliphatic carbocycles. The van der Waals surface area contributed by atoms with Crippen molar-refractivity contribution in [3.8, 4) is 11.1 Å². The van der Waals surface area contributed by atoms with Gasteiger partial charge < -0.3 is 15.2 Å². The molecule has 0 saturated heterocycles.